The van der Waals surface area contributed by atoms with E-state index in [0.717, 1.165) is 5.56 Å². The zero-order valence-corrected chi connectivity index (χ0v) is 16.9. The molecule has 0 unspecified atom stereocenters. The first-order valence-corrected chi connectivity index (χ1v) is 9.36. The smallest absolute Gasteiger partial charge is 0.436 e. The number of hydrogen-bond donors (Lipinski definition) is 2. The van der Waals surface area contributed by atoms with Crippen LogP contribution in [0, 0.1) is 6.92 Å². The highest BCUT2D eigenvalue weighted by molar-refractivity contribution is 6.31. The van der Waals surface area contributed by atoms with Gasteiger partial charge in [0, 0.05) is 18.7 Å². The summed E-state index contributed by atoms with van der Waals surface area (Å²) in [7, 11) is 1.56. The summed E-state index contributed by atoms with van der Waals surface area (Å²) in [5, 5.41) is 12.6. The SMILES string of the molecule is COc1cccc(-c2cc(C(=O)NCCCn3nc(C(F)(F)F)c(Cl)c3C)[nH]n2)c1. The van der Waals surface area contributed by atoms with Crippen LogP contribution >= 0.6 is 11.6 Å². The van der Waals surface area contributed by atoms with Crippen molar-refractivity contribution < 1.29 is 22.7 Å². The summed E-state index contributed by atoms with van der Waals surface area (Å²) in [6, 6.07) is 8.86. The molecule has 0 atom stereocenters. The Balaban J connectivity index is 1.55. The van der Waals surface area contributed by atoms with Crippen molar-refractivity contribution in [2.24, 2.45) is 0 Å². The molecule has 3 aromatic rings. The first kappa shape index (κ1) is 21.7. The molecule has 0 radical (unpaired) electrons. The normalized spacial score (nSPS) is 11.5. The minimum atomic E-state index is -4.61. The van der Waals surface area contributed by atoms with Crippen LogP contribution in [-0.2, 0) is 12.7 Å². The fourth-order valence-corrected chi connectivity index (χ4v) is 3.06. The zero-order chi connectivity index (χ0) is 21.9. The summed E-state index contributed by atoms with van der Waals surface area (Å²) in [6.45, 7) is 1.89. The highest BCUT2D eigenvalue weighted by Crippen LogP contribution is 2.35. The lowest BCUT2D eigenvalue weighted by Gasteiger charge is -2.06. The lowest BCUT2D eigenvalue weighted by atomic mass is 10.1. The minimum Gasteiger partial charge on any atom is -0.497 e. The van der Waals surface area contributed by atoms with Crippen LogP contribution in [0.1, 0.15) is 28.3 Å². The molecule has 1 aromatic carbocycles. The van der Waals surface area contributed by atoms with Crippen LogP contribution in [0.15, 0.2) is 30.3 Å². The minimum absolute atomic E-state index is 0.181. The number of aryl methyl sites for hydroxylation is 1. The van der Waals surface area contributed by atoms with Gasteiger partial charge >= 0.3 is 6.18 Å². The number of benzene rings is 1. The van der Waals surface area contributed by atoms with Gasteiger partial charge < -0.3 is 10.1 Å². The molecule has 0 aliphatic heterocycles. The van der Waals surface area contributed by atoms with Crippen molar-refractivity contribution in [3.63, 3.8) is 0 Å². The van der Waals surface area contributed by atoms with Gasteiger partial charge in [-0.3, -0.25) is 14.6 Å². The number of aromatic amines is 1. The number of halogens is 4. The van der Waals surface area contributed by atoms with Gasteiger partial charge in [0.2, 0.25) is 0 Å². The number of carbonyl (C=O) groups excluding carboxylic acids is 1. The van der Waals surface area contributed by atoms with Crippen molar-refractivity contribution in [2.45, 2.75) is 26.1 Å². The molecule has 1 amide bonds. The highest BCUT2D eigenvalue weighted by Gasteiger charge is 2.38. The number of rotatable bonds is 7. The Hall–Kier alpha value is -3.01. The molecule has 0 spiro atoms. The van der Waals surface area contributed by atoms with Crippen molar-refractivity contribution in [3.8, 4) is 17.0 Å². The lowest BCUT2D eigenvalue weighted by Crippen LogP contribution is -2.25. The molecule has 11 heteroatoms. The molecule has 2 N–H and O–H groups in total. The molecule has 7 nitrogen and oxygen atoms in total. The topological polar surface area (TPSA) is 84.8 Å². The predicted octanol–water partition coefficient (Wildman–Crippen LogP) is 4.08. The molecule has 30 heavy (non-hydrogen) atoms. The molecule has 0 saturated heterocycles. The number of H-pyrrole nitrogens is 1. The van der Waals surface area contributed by atoms with Crippen LogP contribution in [0.25, 0.3) is 11.3 Å². The van der Waals surface area contributed by atoms with E-state index in [2.05, 4.69) is 20.6 Å². The third kappa shape index (κ3) is 4.76. The van der Waals surface area contributed by atoms with Crippen LogP contribution in [0.3, 0.4) is 0 Å². The van der Waals surface area contributed by atoms with E-state index in [9.17, 15) is 18.0 Å². The fourth-order valence-electron chi connectivity index (χ4n) is 2.82. The van der Waals surface area contributed by atoms with Crippen molar-refractivity contribution in [1.29, 1.82) is 0 Å². The Kier molecular flexibility index (Phi) is 6.35. The van der Waals surface area contributed by atoms with E-state index in [0.29, 0.717) is 17.9 Å². The molecule has 0 aliphatic carbocycles. The van der Waals surface area contributed by atoms with Crippen molar-refractivity contribution in [1.82, 2.24) is 25.3 Å². The maximum atomic E-state index is 12.9. The van der Waals surface area contributed by atoms with Gasteiger partial charge in [-0.15, -0.1) is 0 Å². The van der Waals surface area contributed by atoms with E-state index in [4.69, 9.17) is 16.3 Å². The summed E-state index contributed by atoms with van der Waals surface area (Å²) in [4.78, 5) is 12.3. The largest absolute Gasteiger partial charge is 0.497 e. The number of aromatic nitrogens is 4. The molecule has 0 aliphatic rings. The Morgan fingerprint density at radius 2 is 2.10 bits per heavy atom. The van der Waals surface area contributed by atoms with Crippen molar-refractivity contribution in [3.05, 3.63) is 52.4 Å². The quantitative estimate of drug-likeness (QED) is 0.541. The molecular weight excluding hydrogens is 423 g/mol. The van der Waals surface area contributed by atoms with Crippen molar-refractivity contribution >= 4 is 17.5 Å². The standard InChI is InChI=1S/C19H19ClF3N5O2/c1-11-16(20)17(19(21,22)23)27-28(11)8-4-7-24-18(29)15-10-14(25-26-15)12-5-3-6-13(9-12)30-2/h3,5-6,9-10H,4,7-8H2,1-2H3,(H,24,29)(H,25,26). The van der Waals surface area contributed by atoms with E-state index in [1.54, 1.807) is 25.3 Å². The second-order valence-electron chi connectivity index (χ2n) is 6.48. The summed E-state index contributed by atoms with van der Waals surface area (Å²) in [5.74, 6) is 0.298. The van der Waals surface area contributed by atoms with E-state index in [1.807, 2.05) is 12.1 Å². The van der Waals surface area contributed by atoms with Gasteiger partial charge in [-0.25, -0.2) is 0 Å². The number of alkyl halides is 3. The maximum Gasteiger partial charge on any atom is 0.436 e. The zero-order valence-electron chi connectivity index (χ0n) is 16.2. The number of nitrogens with zero attached hydrogens (tertiary/aromatic N) is 3. The monoisotopic (exact) mass is 441 g/mol. The van der Waals surface area contributed by atoms with Crippen molar-refractivity contribution in [2.75, 3.05) is 13.7 Å². The van der Waals surface area contributed by atoms with E-state index >= 15 is 0 Å². The molecule has 2 heterocycles. The predicted molar refractivity (Wildman–Crippen MR) is 105 cm³/mol. The molecular formula is C19H19ClF3N5O2. The van der Waals surface area contributed by atoms with E-state index < -0.39 is 16.9 Å². The number of carbonyl (C=O) groups is 1. The van der Waals surface area contributed by atoms with Gasteiger partial charge in [0.25, 0.3) is 5.91 Å². The molecule has 0 saturated carbocycles. The third-order valence-electron chi connectivity index (χ3n) is 4.42. The summed E-state index contributed by atoms with van der Waals surface area (Å²) in [6.07, 6.45) is -4.23. The van der Waals surface area contributed by atoms with Gasteiger partial charge in [-0.2, -0.15) is 23.4 Å². The Morgan fingerprint density at radius 1 is 1.33 bits per heavy atom. The molecule has 0 bridgehead atoms. The Morgan fingerprint density at radius 3 is 2.77 bits per heavy atom. The fraction of sp³-hybridized carbons (Fsp3) is 0.316. The van der Waals surface area contributed by atoms with Crippen LogP contribution in [-0.4, -0.2) is 39.5 Å². The Bertz CT molecular complexity index is 1050. The van der Waals surface area contributed by atoms with Gasteiger partial charge in [-0.1, -0.05) is 23.7 Å². The lowest BCUT2D eigenvalue weighted by molar-refractivity contribution is -0.141. The Labute approximate surface area is 175 Å². The molecule has 160 valence electrons. The van der Waals surface area contributed by atoms with E-state index in [-0.39, 0.29) is 30.4 Å². The number of nitrogens with one attached hydrogen (secondary N) is 2. The summed E-state index contributed by atoms with van der Waals surface area (Å²) < 4.78 is 44.9. The average molecular weight is 442 g/mol. The average Bonchev–Trinajstić information content (AvgIpc) is 3.31. The van der Waals surface area contributed by atoms with Crippen LogP contribution in [0.5, 0.6) is 5.75 Å². The number of amides is 1. The van der Waals surface area contributed by atoms with Gasteiger partial charge in [0.05, 0.1) is 23.5 Å². The second-order valence-corrected chi connectivity index (χ2v) is 6.86. The number of hydrogen-bond acceptors (Lipinski definition) is 4. The maximum absolute atomic E-state index is 12.9. The summed E-state index contributed by atoms with van der Waals surface area (Å²) in [5.41, 5.74) is 0.766. The van der Waals surface area contributed by atoms with Crippen LogP contribution in [0.2, 0.25) is 5.02 Å². The third-order valence-corrected chi connectivity index (χ3v) is 4.87. The molecule has 0 fully saturated rings. The summed E-state index contributed by atoms with van der Waals surface area (Å²) >= 11 is 5.72. The number of methoxy groups -OCH3 is 1. The van der Waals surface area contributed by atoms with E-state index in [1.165, 1.54) is 11.6 Å². The van der Waals surface area contributed by atoms with Crippen LogP contribution in [0.4, 0.5) is 13.2 Å². The number of ether oxygens (including phenoxy) is 1. The first-order chi connectivity index (χ1) is 14.2. The van der Waals surface area contributed by atoms with Gasteiger partial charge in [0.15, 0.2) is 5.69 Å². The van der Waals surface area contributed by atoms with Gasteiger partial charge in [-0.05, 0) is 31.5 Å². The highest BCUT2D eigenvalue weighted by atomic mass is 35.5. The molecule has 3 rings (SSSR count). The van der Waals surface area contributed by atoms with Gasteiger partial charge in [0.1, 0.15) is 11.4 Å². The first-order valence-electron chi connectivity index (χ1n) is 8.99. The van der Waals surface area contributed by atoms with Crippen LogP contribution < -0.4 is 10.1 Å². The molecule has 2 aromatic heterocycles. The second kappa shape index (κ2) is 8.78.